The van der Waals surface area contributed by atoms with Gasteiger partial charge in [-0.3, -0.25) is 14.5 Å². The Labute approximate surface area is 167 Å². The number of amides is 2. The summed E-state index contributed by atoms with van der Waals surface area (Å²) >= 11 is 6.01. The zero-order chi connectivity index (χ0) is 19.7. The van der Waals surface area contributed by atoms with E-state index in [0.29, 0.717) is 35.8 Å². The molecule has 142 valence electrons. The standard InChI is InChI=1S/C21H19ClN4O2/c1-14-2-7-17(22)12-18(14)24-21(28)16-5-3-15(4-6-16)13-25-19-8-10-23-26(19)11-9-20(25)27/h2-8,10,12H,9,11,13H2,1H3,(H,24,28). The van der Waals surface area contributed by atoms with Gasteiger partial charge in [0, 0.05) is 28.8 Å². The van der Waals surface area contributed by atoms with Crippen LogP contribution < -0.4 is 10.2 Å². The summed E-state index contributed by atoms with van der Waals surface area (Å²) in [6.07, 6.45) is 2.14. The summed E-state index contributed by atoms with van der Waals surface area (Å²) < 4.78 is 1.83. The largest absolute Gasteiger partial charge is 0.322 e. The number of rotatable bonds is 4. The Bertz CT molecular complexity index is 1040. The normalized spacial score (nSPS) is 13.4. The highest BCUT2D eigenvalue weighted by molar-refractivity contribution is 6.31. The van der Waals surface area contributed by atoms with Gasteiger partial charge in [-0.15, -0.1) is 0 Å². The predicted molar refractivity (Wildman–Crippen MR) is 109 cm³/mol. The van der Waals surface area contributed by atoms with Crippen LogP contribution in [0.3, 0.4) is 0 Å². The van der Waals surface area contributed by atoms with Gasteiger partial charge in [-0.2, -0.15) is 5.10 Å². The number of benzene rings is 2. The maximum atomic E-state index is 12.5. The topological polar surface area (TPSA) is 67.2 Å². The van der Waals surface area contributed by atoms with Crippen LogP contribution in [0, 0.1) is 6.92 Å². The van der Waals surface area contributed by atoms with Gasteiger partial charge in [0.1, 0.15) is 5.82 Å². The van der Waals surface area contributed by atoms with Gasteiger partial charge in [-0.25, -0.2) is 4.68 Å². The molecule has 28 heavy (non-hydrogen) atoms. The van der Waals surface area contributed by atoms with Gasteiger partial charge in [-0.1, -0.05) is 29.8 Å². The third-order valence-corrected chi connectivity index (χ3v) is 5.05. The lowest BCUT2D eigenvalue weighted by atomic mass is 10.1. The lowest BCUT2D eigenvalue weighted by Gasteiger charge is -2.27. The molecule has 0 bridgehead atoms. The molecule has 1 aliphatic heterocycles. The second-order valence-electron chi connectivity index (χ2n) is 6.75. The monoisotopic (exact) mass is 394 g/mol. The van der Waals surface area contributed by atoms with E-state index in [2.05, 4.69) is 10.4 Å². The number of anilines is 2. The van der Waals surface area contributed by atoms with Crippen molar-refractivity contribution in [3.8, 4) is 0 Å². The van der Waals surface area contributed by atoms with Crippen molar-refractivity contribution in [2.45, 2.75) is 26.4 Å². The van der Waals surface area contributed by atoms with E-state index >= 15 is 0 Å². The third kappa shape index (κ3) is 3.64. The summed E-state index contributed by atoms with van der Waals surface area (Å²) in [5.74, 6) is 0.671. The number of hydrogen-bond donors (Lipinski definition) is 1. The molecule has 4 rings (SSSR count). The highest BCUT2D eigenvalue weighted by Crippen LogP contribution is 2.24. The minimum Gasteiger partial charge on any atom is -0.322 e. The van der Waals surface area contributed by atoms with E-state index in [1.54, 1.807) is 35.4 Å². The van der Waals surface area contributed by atoms with Crippen molar-refractivity contribution in [3.05, 3.63) is 76.4 Å². The first-order chi connectivity index (χ1) is 13.5. The molecule has 0 aliphatic carbocycles. The molecule has 0 unspecified atom stereocenters. The smallest absolute Gasteiger partial charge is 0.255 e. The summed E-state index contributed by atoms with van der Waals surface area (Å²) in [5.41, 5.74) is 3.11. The van der Waals surface area contributed by atoms with Gasteiger partial charge in [0.25, 0.3) is 5.91 Å². The van der Waals surface area contributed by atoms with Crippen molar-refractivity contribution in [1.29, 1.82) is 0 Å². The molecule has 0 atom stereocenters. The molecule has 3 aromatic rings. The number of carbonyl (C=O) groups excluding carboxylic acids is 2. The van der Waals surface area contributed by atoms with Gasteiger partial charge >= 0.3 is 0 Å². The Kier molecular flexibility index (Phi) is 4.88. The molecule has 0 saturated carbocycles. The van der Waals surface area contributed by atoms with E-state index < -0.39 is 0 Å². The molecule has 0 radical (unpaired) electrons. The number of hydrogen-bond acceptors (Lipinski definition) is 3. The zero-order valence-corrected chi connectivity index (χ0v) is 16.1. The fraction of sp³-hybridized carbons (Fsp3) is 0.190. The number of halogens is 1. The Balaban J connectivity index is 1.48. The van der Waals surface area contributed by atoms with Crippen molar-refractivity contribution < 1.29 is 9.59 Å². The number of fused-ring (bicyclic) bond motifs is 1. The van der Waals surface area contributed by atoms with Crippen molar-refractivity contribution in [2.24, 2.45) is 0 Å². The zero-order valence-electron chi connectivity index (χ0n) is 15.4. The van der Waals surface area contributed by atoms with E-state index in [4.69, 9.17) is 11.6 Å². The number of nitrogens with zero attached hydrogens (tertiary/aromatic N) is 3. The second kappa shape index (κ2) is 7.48. The van der Waals surface area contributed by atoms with Crippen molar-refractivity contribution in [3.63, 3.8) is 0 Å². The molecule has 2 amide bonds. The molecule has 1 N–H and O–H groups in total. The minimum absolute atomic E-state index is 0.0752. The van der Waals surface area contributed by atoms with Crippen LogP contribution in [-0.4, -0.2) is 21.6 Å². The first kappa shape index (κ1) is 18.3. The average Bonchev–Trinajstić information content (AvgIpc) is 3.16. The SMILES string of the molecule is Cc1ccc(Cl)cc1NC(=O)c1ccc(CN2C(=O)CCn3nccc32)cc1. The van der Waals surface area contributed by atoms with Crippen molar-refractivity contribution in [2.75, 3.05) is 10.2 Å². The Morgan fingerprint density at radius 1 is 1.18 bits per heavy atom. The molecule has 0 fully saturated rings. The molecular formula is C21H19ClN4O2. The number of nitrogens with one attached hydrogen (secondary N) is 1. The number of aryl methyl sites for hydroxylation is 2. The summed E-state index contributed by atoms with van der Waals surface area (Å²) in [5, 5.41) is 7.69. The molecule has 2 heterocycles. The molecule has 0 spiro atoms. The van der Waals surface area contributed by atoms with Crippen LogP contribution in [0.1, 0.15) is 27.9 Å². The highest BCUT2D eigenvalue weighted by atomic mass is 35.5. The lowest BCUT2D eigenvalue weighted by Crippen LogP contribution is -2.36. The van der Waals surface area contributed by atoms with E-state index in [1.165, 1.54) is 0 Å². The summed E-state index contributed by atoms with van der Waals surface area (Å²) in [6.45, 7) is 2.97. The lowest BCUT2D eigenvalue weighted by molar-refractivity contribution is -0.119. The third-order valence-electron chi connectivity index (χ3n) is 4.81. The van der Waals surface area contributed by atoms with E-state index in [9.17, 15) is 9.59 Å². The molecular weight excluding hydrogens is 376 g/mol. The summed E-state index contributed by atoms with van der Waals surface area (Å²) in [6, 6.07) is 14.5. The van der Waals surface area contributed by atoms with Gasteiger partial charge < -0.3 is 5.32 Å². The van der Waals surface area contributed by atoms with Gasteiger partial charge in [0.15, 0.2) is 0 Å². The molecule has 6 nitrogen and oxygen atoms in total. The van der Waals surface area contributed by atoms with Crippen LogP contribution in [0.4, 0.5) is 11.5 Å². The highest BCUT2D eigenvalue weighted by Gasteiger charge is 2.24. The van der Waals surface area contributed by atoms with Crippen molar-refractivity contribution in [1.82, 2.24) is 9.78 Å². The maximum absolute atomic E-state index is 12.5. The number of carbonyl (C=O) groups is 2. The van der Waals surface area contributed by atoms with Gasteiger partial charge in [0.2, 0.25) is 5.91 Å². The quantitative estimate of drug-likeness (QED) is 0.726. The fourth-order valence-corrected chi connectivity index (χ4v) is 3.40. The molecule has 0 saturated heterocycles. The second-order valence-corrected chi connectivity index (χ2v) is 7.19. The molecule has 7 heteroatoms. The average molecular weight is 395 g/mol. The van der Waals surface area contributed by atoms with Gasteiger partial charge in [-0.05, 0) is 42.3 Å². The van der Waals surface area contributed by atoms with E-state index in [0.717, 1.165) is 16.9 Å². The fourth-order valence-electron chi connectivity index (χ4n) is 3.23. The van der Waals surface area contributed by atoms with Crippen LogP contribution in [0.5, 0.6) is 0 Å². The van der Waals surface area contributed by atoms with E-state index in [-0.39, 0.29) is 11.8 Å². The predicted octanol–water partition coefficient (Wildman–Crippen LogP) is 4.03. The van der Waals surface area contributed by atoms with Crippen LogP contribution in [0.25, 0.3) is 0 Å². The minimum atomic E-state index is -0.205. The molecule has 1 aromatic heterocycles. The first-order valence-electron chi connectivity index (χ1n) is 9.00. The maximum Gasteiger partial charge on any atom is 0.255 e. The molecule has 1 aliphatic rings. The Morgan fingerprint density at radius 3 is 2.75 bits per heavy atom. The Morgan fingerprint density at radius 2 is 1.96 bits per heavy atom. The Hall–Kier alpha value is -3.12. The summed E-state index contributed by atoms with van der Waals surface area (Å²) in [4.78, 5) is 26.6. The molecule has 2 aromatic carbocycles. The van der Waals surface area contributed by atoms with Crippen LogP contribution in [0.2, 0.25) is 5.02 Å². The van der Waals surface area contributed by atoms with Gasteiger partial charge in [0.05, 0.1) is 19.3 Å². The van der Waals surface area contributed by atoms with Crippen LogP contribution in [0.15, 0.2) is 54.7 Å². The number of aromatic nitrogens is 2. The first-order valence-corrected chi connectivity index (χ1v) is 9.38. The van der Waals surface area contributed by atoms with E-state index in [1.807, 2.05) is 35.9 Å². The van der Waals surface area contributed by atoms with Crippen molar-refractivity contribution >= 4 is 34.9 Å². The summed E-state index contributed by atoms with van der Waals surface area (Å²) in [7, 11) is 0. The van der Waals surface area contributed by atoms with Crippen LogP contribution >= 0.6 is 11.6 Å². The van der Waals surface area contributed by atoms with Crippen LogP contribution in [-0.2, 0) is 17.9 Å².